The van der Waals surface area contributed by atoms with E-state index in [1.807, 2.05) is 0 Å². The standard InChI is InChI=1S/C5H6F6O2/c6-4(7,8)2(12)1-3(13)5(9,10)11/h2-3,12-13H,1H2/t2-,3-/m1/s1. The van der Waals surface area contributed by atoms with Gasteiger partial charge in [0.1, 0.15) is 0 Å². The van der Waals surface area contributed by atoms with Crippen molar-refractivity contribution in [2.45, 2.75) is 31.0 Å². The predicted octanol–water partition coefficient (Wildman–Crippen LogP) is 1.22. The Hall–Kier alpha value is -0.500. The van der Waals surface area contributed by atoms with Gasteiger partial charge in [-0.15, -0.1) is 0 Å². The van der Waals surface area contributed by atoms with Crippen LogP contribution in [0.1, 0.15) is 6.42 Å². The van der Waals surface area contributed by atoms with Crippen LogP contribution < -0.4 is 0 Å². The molecule has 0 aromatic heterocycles. The lowest BCUT2D eigenvalue weighted by Gasteiger charge is -2.19. The molecule has 0 saturated heterocycles. The van der Waals surface area contributed by atoms with Crippen molar-refractivity contribution in [1.29, 1.82) is 0 Å². The van der Waals surface area contributed by atoms with Gasteiger partial charge in [-0.3, -0.25) is 0 Å². The van der Waals surface area contributed by atoms with Crippen molar-refractivity contribution >= 4 is 0 Å². The maximum Gasteiger partial charge on any atom is 0.414 e. The van der Waals surface area contributed by atoms with Crippen molar-refractivity contribution < 1.29 is 36.6 Å². The third-order valence-corrected chi connectivity index (χ3v) is 1.20. The molecule has 13 heavy (non-hydrogen) atoms. The summed E-state index contributed by atoms with van der Waals surface area (Å²) < 4.78 is 68.8. The van der Waals surface area contributed by atoms with Crippen LogP contribution in [0.5, 0.6) is 0 Å². The molecule has 0 unspecified atom stereocenters. The molecule has 0 radical (unpaired) electrons. The smallest absolute Gasteiger partial charge is 0.384 e. The number of hydrogen-bond acceptors (Lipinski definition) is 2. The molecule has 0 amide bonds. The van der Waals surface area contributed by atoms with Crippen LogP contribution in [0.15, 0.2) is 0 Å². The fourth-order valence-corrected chi connectivity index (χ4v) is 0.479. The Bertz CT molecular complexity index is 143. The average molecular weight is 212 g/mol. The van der Waals surface area contributed by atoms with Crippen LogP contribution in [-0.2, 0) is 0 Å². The first-order chi connectivity index (χ1) is 5.55. The Morgan fingerprint density at radius 3 is 1.15 bits per heavy atom. The van der Waals surface area contributed by atoms with E-state index in [0.717, 1.165) is 0 Å². The zero-order valence-corrected chi connectivity index (χ0v) is 6.02. The van der Waals surface area contributed by atoms with Crippen molar-refractivity contribution in [2.24, 2.45) is 0 Å². The molecule has 2 atom stereocenters. The average Bonchev–Trinajstić information content (AvgIpc) is 1.82. The zero-order chi connectivity index (χ0) is 10.9. The number of hydrogen-bond donors (Lipinski definition) is 2. The van der Waals surface area contributed by atoms with Crippen LogP contribution in [0, 0.1) is 0 Å². The van der Waals surface area contributed by atoms with Gasteiger partial charge in [0.25, 0.3) is 0 Å². The highest BCUT2D eigenvalue weighted by Crippen LogP contribution is 2.29. The SMILES string of the molecule is O[C@H](C[C@@H](O)C(F)(F)F)C(F)(F)F. The second-order valence-electron chi connectivity index (χ2n) is 2.35. The van der Waals surface area contributed by atoms with E-state index in [1.165, 1.54) is 0 Å². The van der Waals surface area contributed by atoms with Crippen molar-refractivity contribution in [1.82, 2.24) is 0 Å². The first-order valence-electron chi connectivity index (χ1n) is 3.04. The minimum atomic E-state index is -5.15. The summed E-state index contributed by atoms with van der Waals surface area (Å²) in [7, 11) is 0. The van der Waals surface area contributed by atoms with Gasteiger partial charge in [-0.05, 0) is 0 Å². The van der Waals surface area contributed by atoms with Crippen LogP contribution in [0.2, 0.25) is 0 Å². The summed E-state index contributed by atoms with van der Waals surface area (Å²) in [6, 6.07) is 0. The number of halogens is 6. The first kappa shape index (κ1) is 12.5. The van der Waals surface area contributed by atoms with Crippen LogP contribution in [0.3, 0.4) is 0 Å². The Morgan fingerprint density at radius 1 is 0.769 bits per heavy atom. The molecule has 8 heteroatoms. The largest absolute Gasteiger partial charge is 0.414 e. The first-order valence-corrected chi connectivity index (χ1v) is 3.04. The molecule has 2 N–H and O–H groups in total. The van der Waals surface area contributed by atoms with Gasteiger partial charge in [-0.1, -0.05) is 0 Å². The summed E-state index contributed by atoms with van der Waals surface area (Å²) in [5.74, 6) is 0. The molecule has 0 saturated carbocycles. The topological polar surface area (TPSA) is 40.5 Å². The molecule has 0 bridgehead atoms. The quantitative estimate of drug-likeness (QED) is 0.675. The second kappa shape index (κ2) is 3.70. The highest BCUT2D eigenvalue weighted by Gasteiger charge is 2.46. The fourth-order valence-electron chi connectivity index (χ4n) is 0.479. The zero-order valence-electron chi connectivity index (χ0n) is 6.02. The van der Waals surface area contributed by atoms with E-state index < -0.39 is 31.0 Å². The molecular formula is C5H6F6O2. The summed E-state index contributed by atoms with van der Waals surface area (Å²) in [5, 5.41) is 16.3. The van der Waals surface area contributed by atoms with Crippen molar-refractivity contribution in [3.05, 3.63) is 0 Å². The second-order valence-corrected chi connectivity index (χ2v) is 2.35. The lowest BCUT2D eigenvalue weighted by Crippen LogP contribution is -2.38. The van der Waals surface area contributed by atoms with Crippen molar-refractivity contribution in [3.8, 4) is 0 Å². The van der Waals surface area contributed by atoms with Gasteiger partial charge < -0.3 is 10.2 Å². The molecule has 2 nitrogen and oxygen atoms in total. The maximum absolute atomic E-state index is 11.5. The number of rotatable bonds is 2. The normalized spacial score (nSPS) is 18.5. The highest BCUT2D eigenvalue weighted by molar-refractivity contribution is 4.74. The number of aliphatic hydroxyl groups is 2. The van der Waals surface area contributed by atoms with E-state index in [-0.39, 0.29) is 0 Å². The summed E-state index contributed by atoms with van der Waals surface area (Å²) in [6.07, 6.45) is -18.4. The van der Waals surface area contributed by atoms with Crippen molar-refractivity contribution in [2.75, 3.05) is 0 Å². The lowest BCUT2D eigenvalue weighted by molar-refractivity contribution is -0.244. The molecular weight excluding hydrogens is 206 g/mol. The minimum Gasteiger partial charge on any atom is -0.384 e. The van der Waals surface area contributed by atoms with Crippen molar-refractivity contribution in [3.63, 3.8) is 0 Å². The minimum absolute atomic E-state index is 1.80. The molecule has 0 aromatic rings. The van der Waals surface area contributed by atoms with E-state index >= 15 is 0 Å². The Labute approximate surface area is 68.8 Å². The lowest BCUT2D eigenvalue weighted by atomic mass is 10.1. The third-order valence-electron chi connectivity index (χ3n) is 1.20. The fraction of sp³-hybridized carbons (Fsp3) is 1.00. The third kappa shape index (κ3) is 4.32. The summed E-state index contributed by atoms with van der Waals surface area (Å²) >= 11 is 0. The van der Waals surface area contributed by atoms with Gasteiger partial charge in [0.15, 0.2) is 12.2 Å². The Morgan fingerprint density at radius 2 is 1.00 bits per heavy atom. The number of aliphatic hydroxyl groups excluding tert-OH is 2. The van der Waals surface area contributed by atoms with Gasteiger partial charge in [0.05, 0.1) is 0 Å². The molecule has 0 aliphatic heterocycles. The molecule has 0 aliphatic carbocycles. The molecule has 0 fully saturated rings. The van der Waals surface area contributed by atoms with Gasteiger partial charge >= 0.3 is 12.4 Å². The van der Waals surface area contributed by atoms with Crippen LogP contribution in [0.4, 0.5) is 26.3 Å². The Kier molecular flexibility index (Phi) is 3.56. The van der Waals surface area contributed by atoms with Crippen LogP contribution >= 0.6 is 0 Å². The van der Waals surface area contributed by atoms with E-state index in [2.05, 4.69) is 0 Å². The van der Waals surface area contributed by atoms with E-state index in [4.69, 9.17) is 10.2 Å². The predicted molar refractivity (Wildman–Crippen MR) is 28.7 cm³/mol. The van der Waals surface area contributed by atoms with Gasteiger partial charge in [0, 0.05) is 6.42 Å². The molecule has 80 valence electrons. The molecule has 0 spiro atoms. The number of alkyl halides is 6. The van der Waals surface area contributed by atoms with Crippen LogP contribution in [-0.4, -0.2) is 34.8 Å². The highest BCUT2D eigenvalue weighted by atomic mass is 19.4. The molecule has 0 aliphatic rings. The summed E-state index contributed by atoms with van der Waals surface area (Å²) in [4.78, 5) is 0. The van der Waals surface area contributed by atoms with Gasteiger partial charge in [-0.25, -0.2) is 0 Å². The van der Waals surface area contributed by atoms with E-state index in [1.54, 1.807) is 0 Å². The molecule has 0 aromatic carbocycles. The monoisotopic (exact) mass is 212 g/mol. The maximum atomic E-state index is 11.5. The summed E-state index contributed by atoms with van der Waals surface area (Å²) in [6.45, 7) is 0. The summed E-state index contributed by atoms with van der Waals surface area (Å²) in [5.41, 5.74) is 0. The molecule has 0 heterocycles. The molecule has 0 rings (SSSR count). The van der Waals surface area contributed by atoms with Gasteiger partial charge in [-0.2, -0.15) is 26.3 Å². The van der Waals surface area contributed by atoms with Crippen LogP contribution in [0.25, 0.3) is 0 Å². The van der Waals surface area contributed by atoms with E-state index in [0.29, 0.717) is 0 Å². The van der Waals surface area contributed by atoms with Gasteiger partial charge in [0.2, 0.25) is 0 Å². The van der Waals surface area contributed by atoms with E-state index in [9.17, 15) is 26.3 Å². The Balaban J connectivity index is 4.15.